The number of rotatable bonds is 2. The highest BCUT2D eigenvalue weighted by Gasteiger charge is 2.46. The third-order valence-corrected chi connectivity index (χ3v) is 4.37. The smallest absolute Gasteiger partial charge is 0.431 e. The highest BCUT2D eigenvalue weighted by Crippen LogP contribution is 2.31. The number of carbonyl (C=O) groups excluding carboxylic acids is 2. The molecule has 1 aliphatic heterocycles. The number of imide groups is 1. The van der Waals surface area contributed by atoms with E-state index in [0.29, 0.717) is 6.42 Å². The highest BCUT2D eigenvalue weighted by atomic mass is 32.2. The van der Waals surface area contributed by atoms with Crippen molar-refractivity contribution < 1.29 is 22.7 Å². The number of amides is 2. The SMILES string of the molecule is CCCOC(=O)N1C(=O)c2cc(C)ccc2S1(=O)=O. The summed E-state index contributed by atoms with van der Waals surface area (Å²) in [5.41, 5.74) is 0.750. The maximum absolute atomic E-state index is 12.1. The molecule has 0 N–H and O–H groups in total. The third kappa shape index (κ3) is 2.10. The first-order valence-electron chi connectivity index (χ1n) is 5.76. The summed E-state index contributed by atoms with van der Waals surface area (Å²) in [7, 11) is -4.13. The van der Waals surface area contributed by atoms with Crippen molar-refractivity contribution in [3.63, 3.8) is 0 Å². The lowest BCUT2D eigenvalue weighted by Crippen LogP contribution is -2.36. The number of nitrogens with zero attached hydrogens (tertiary/aromatic N) is 1. The molecule has 7 heteroatoms. The van der Waals surface area contributed by atoms with E-state index in [0.717, 1.165) is 5.56 Å². The summed E-state index contributed by atoms with van der Waals surface area (Å²) >= 11 is 0. The van der Waals surface area contributed by atoms with Gasteiger partial charge in [0.25, 0.3) is 15.9 Å². The number of fused-ring (bicyclic) bond motifs is 1. The van der Waals surface area contributed by atoms with E-state index in [1.54, 1.807) is 19.9 Å². The standard InChI is InChI=1S/C12H13NO5S/c1-3-6-18-12(15)13-11(14)9-7-8(2)4-5-10(9)19(13,16)17/h4-5,7H,3,6H2,1-2H3. The predicted octanol–water partition coefficient (Wildman–Crippen LogP) is 1.69. The fourth-order valence-electron chi connectivity index (χ4n) is 1.78. The molecule has 0 fully saturated rings. The number of carbonyl (C=O) groups is 2. The van der Waals surface area contributed by atoms with Gasteiger partial charge in [0.05, 0.1) is 12.2 Å². The van der Waals surface area contributed by atoms with Gasteiger partial charge in [0, 0.05) is 0 Å². The molecule has 2 rings (SSSR count). The minimum absolute atomic E-state index is 0.00782. The first kappa shape index (κ1) is 13.5. The first-order chi connectivity index (χ1) is 8.89. The molecule has 102 valence electrons. The Morgan fingerprint density at radius 3 is 2.68 bits per heavy atom. The summed E-state index contributed by atoms with van der Waals surface area (Å²) in [5, 5.41) is 0. The van der Waals surface area contributed by atoms with Crippen LogP contribution in [0.3, 0.4) is 0 Å². The van der Waals surface area contributed by atoms with Gasteiger partial charge in [-0.15, -0.1) is 4.31 Å². The van der Waals surface area contributed by atoms with Crippen LogP contribution in [0.2, 0.25) is 0 Å². The largest absolute Gasteiger partial charge is 0.448 e. The van der Waals surface area contributed by atoms with E-state index in [2.05, 4.69) is 0 Å². The normalized spacial score (nSPS) is 16.3. The van der Waals surface area contributed by atoms with E-state index in [9.17, 15) is 18.0 Å². The van der Waals surface area contributed by atoms with E-state index in [4.69, 9.17) is 4.74 Å². The van der Waals surface area contributed by atoms with Crippen LogP contribution in [0.4, 0.5) is 4.79 Å². The van der Waals surface area contributed by atoms with Crippen molar-refractivity contribution in [1.29, 1.82) is 0 Å². The Hall–Kier alpha value is -1.89. The molecule has 0 bridgehead atoms. The highest BCUT2D eigenvalue weighted by molar-refractivity contribution is 7.90. The van der Waals surface area contributed by atoms with Crippen molar-refractivity contribution in [2.75, 3.05) is 6.61 Å². The van der Waals surface area contributed by atoms with Gasteiger partial charge >= 0.3 is 6.09 Å². The second-order valence-electron chi connectivity index (χ2n) is 4.19. The summed E-state index contributed by atoms with van der Waals surface area (Å²) in [4.78, 5) is 23.5. The Morgan fingerprint density at radius 1 is 1.37 bits per heavy atom. The zero-order chi connectivity index (χ0) is 14.2. The Bertz CT molecular complexity index is 650. The minimum atomic E-state index is -4.13. The third-order valence-electron chi connectivity index (χ3n) is 2.66. The molecule has 6 nitrogen and oxygen atoms in total. The number of benzene rings is 1. The molecule has 19 heavy (non-hydrogen) atoms. The maximum atomic E-state index is 12.1. The Balaban J connectivity index is 2.46. The number of aryl methyl sites for hydroxylation is 1. The average molecular weight is 283 g/mol. The molecule has 0 saturated carbocycles. The minimum Gasteiger partial charge on any atom is -0.448 e. The van der Waals surface area contributed by atoms with Crippen LogP contribution in [0.25, 0.3) is 0 Å². The van der Waals surface area contributed by atoms with Crippen LogP contribution in [-0.2, 0) is 14.8 Å². The van der Waals surface area contributed by atoms with Gasteiger partial charge in [0.15, 0.2) is 0 Å². The molecule has 0 spiro atoms. The zero-order valence-corrected chi connectivity index (χ0v) is 11.4. The van der Waals surface area contributed by atoms with E-state index in [-0.39, 0.29) is 21.4 Å². The monoisotopic (exact) mass is 283 g/mol. The summed E-state index contributed by atoms with van der Waals surface area (Å²) < 4.78 is 29.1. The number of sulfonamides is 1. The Labute approximate surface area is 111 Å². The van der Waals surface area contributed by atoms with E-state index < -0.39 is 22.0 Å². The molecule has 1 heterocycles. The van der Waals surface area contributed by atoms with Crippen LogP contribution >= 0.6 is 0 Å². The molecule has 0 aromatic heterocycles. The van der Waals surface area contributed by atoms with E-state index in [1.807, 2.05) is 0 Å². The second-order valence-corrected chi connectivity index (χ2v) is 5.94. The van der Waals surface area contributed by atoms with Crippen LogP contribution in [0.15, 0.2) is 23.1 Å². The molecule has 1 aromatic carbocycles. The quantitative estimate of drug-likeness (QED) is 0.825. The van der Waals surface area contributed by atoms with Gasteiger partial charge in [-0.3, -0.25) is 4.79 Å². The topological polar surface area (TPSA) is 80.8 Å². The molecule has 0 radical (unpaired) electrons. The van der Waals surface area contributed by atoms with Gasteiger partial charge in [-0.1, -0.05) is 18.6 Å². The van der Waals surface area contributed by atoms with Crippen molar-refractivity contribution in [1.82, 2.24) is 4.31 Å². The molecule has 0 atom stereocenters. The zero-order valence-electron chi connectivity index (χ0n) is 10.5. The number of hydrogen-bond acceptors (Lipinski definition) is 5. The van der Waals surface area contributed by atoms with Gasteiger partial charge in [0.1, 0.15) is 4.90 Å². The molecule has 0 saturated heterocycles. The van der Waals surface area contributed by atoms with Crippen LogP contribution in [-0.4, -0.2) is 31.3 Å². The van der Waals surface area contributed by atoms with Crippen molar-refractivity contribution in [3.05, 3.63) is 29.3 Å². The van der Waals surface area contributed by atoms with Crippen LogP contribution < -0.4 is 0 Å². The van der Waals surface area contributed by atoms with Crippen molar-refractivity contribution in [3.8, 4) is 0 Å². The summed E-state index contributed by atoms with van der Waals surface area (Å²) in [5.74, 6) is -0.861. The fourth-order valence-corrected chi connectivity index (χ4v) is 3.21. The van der Waals surface area contributed by atoms with Crippen LogP contribution in [0, 0.1) is 6.92 Å². The lowest BCUT2D eigenvalue weighted by atomic mass is 10.1. The summed E-state index contributed by atoms with van der Waals surface area (Å²) in [6.45, 7) is 3.57. The summed E-state index contributed by atoms with van der Waals surface area (Å²) in [6, 6.07) is 4.35. The van der Waals surface area contributed by atoms with Crippen molar-refractivity contribution in [2.45, 2.75) is 25.2 Å². The molecule has 1 aromatic rings. The first-order valence-corrected chi connectivity index (χ1v) is 7.20. The molecule has 2 amide bonds. The Morgan fingerprint density at radius 2 is 2.05 bits per heavy atom. The van der Waals surface area contributed by atoms with Gasteiger partial charge in [0.2, 0.25) is 0 Å². The Kier molecular flexibility index (Phi) is 3.32. The molecule has 1 aliphatic rings. The van der Waals surface area contributed by atoms with Crippen LogP contribution in [0.1, 0.15) is 29.3 Å². The second kappa shape index (κ2) is 4.65. The van der Waals surface area contributed by atoms with E-state index >= 15 is 0 Å². The molecule has 0 unspecified atom stereocenters. The number of hydrogen-bond donors (Lipinski definition) is 0. The number of ether oxygens (including phenoxy) is 1. The lowest BCUT2D eigenvalue weighted by Gasteiger charge is -2.12. The summed E-state index contributed by atoms with van der Waals surface area (Å²) in [6.07, 6.45) is -0.611. The van der Waals surface area contributed by atoms with Crippen LogP contribution in [0.5, 0.6) is 0 Å². The van der Waals surface area contributed by atoms with E-state index in [1.165, 1.54) is 12.1 Å². The molecular weight excluding hydrogens is 270 g/mol. The van der Waals surface area contributed by atoms with Gasteiger partial charge in [-0.05, 0) is 25.5 Å². The maximum Gasteiger partial charge on any atom is 0.431 e. The van der Waals surface area contributed by atoms with Crippen molar-refractivity contribution in [2.24, 2.45) is 0 Å². The fraction of sp³-hybridized carbons (Fsp3) is 0.333. The van der Waals surface area contributed by atoms with Gasteiger partial charge in [-0.2, -0.15) is 0 Å². The molecule has 0 aliphatic carbocycles. The average Bonchev–Trinajstić information content (AvgIpc) is 2.54. The molecular formula is C12H13NO5S. The predicted molar refractivity (Wildman–Crippen MR) is 66.2 cm³/mol. The van der Waals surface area contributed by atoms with Crippen molar-refractivity contribution >= 4 is 22.0 Å². The van der Waals surface area contributed by atoms with Gasteiger partial charge < -0.3 is 4.74 Å². The lowest BCUT2D eigenvalue weighted by molar-refractivity contribution is 0.0807. The van der Waals surface area contributed by atoms with Gasteiger partial charge in [-0.25, -0.2) is 13.2 Å².